The summed E-state index contributed by atoms with van der Waals surface area (Å²) in [7, 11) is 0. The number of fused-ring (bicyclic) bond motifs is 2. The Morgan fingerprint density at radius 3 is 2.42 bits per heavy atom. The van der Waals surface area contributed by atoms with Crippen LogP contribution in [0, 0.1) is 26.7 Å². The molecule has 2 amide bonds. The molecule has 38 heavy (non-hydrogen) atoms. The van der Waals surface area contributed by atoms with E-state index in [1.54, 1.807) is 6.26 Å². The van der Waals surface area contributed by atoms with Gasteiger partial charge in [0.25, 0.3) is 0 Å². The molecule has 0 fully saturated rings. The van der Waals surface area contributed by atoms with Crippen molar-refractivity contribution in [3.63, 3.8) is 0 Å². The summed E-state index contributed by atoms with van der Waals surface area (Å²) in [6.07, 6.45) is 4.65. The van der Waals surface area contributed by atoms with Crippen molar-refractivity contribution in [2.75, 3.05) is 6.54 Å². The van der Waals surface area contributed by atoms with E-state index < -0.39 is 17.6 Å². The van der Waals surface area contributed by atoms with Crippen LogP contribution in [-0.4, -0.2) is 35.5 Å². The molecule has 3 N–H and O–H groups in total. The molecule has 0 aliphatic carbocycles. The molecular weight excluding hydrogens is 488 g/mol. The third-order valence-corrected chi connectivity index (χ3v) is 7.32. The second kappa shape index (κ2) is 12.8. The van der Waals surface area contributed by atoms with E-state index in [4.69, 9.17) is 13.9 Å². The number of aryl methyl sites for hydroxylation is 3. The number of hydrogen-bond acceptors (Lipinski definition) is 6. The van der Waals surface area contributed by atoms with Crippen molar-refractivity contribution in [1.29, 1.82) is 0 Å². The minimum absolute atomic E-state index is 0.0402. The fraction of sp³-hybridized carbons (Fsp3) is 0.517. The van der Waals surface area contributed by atoms with Gasteiger partial charge in [0, 0.05) is 41.3 Å². The number of amides is 2. The van der Waals surface area contributed by atoms with E-state index in [2.05, 4.69) is 10.6 Å². The molecule has 3 aromatic rings. The summed E-state index contributed by atoms with van der Waals surface area (Å²) in [5.41, 5.74) is 3.67. The fourth-order valence-corrected chi connectivity index (χ4v) is 4.69. The number of hydrogen-bond donors (Lipinski definition) is 3. The maximum absolute atomic E-state index is 12.9. The number of furan rings is 1. The van der Waals surface area contributed by atoms with Gasteiger partial charge < -0.3 is 24.6 Å². The average Bonchev–Trinajstić information content (AvgIpc) is 3.25. The molecule has 2 aromatic heterocycles. The third-order valence-electron chi connectivity index (χ3n) is 7.32. The fourth-order valence-electron chi connectivity index (χ4n) is 4.69. The smallest absolute Gasteiger partial charge is 0.339 e. The van der Waals surface area contributed by atoms with Crippen LogP contribution in [0.15, 0.2) is 26.0 Å². The largest absolute Gasteiger partial charge is 0.481 e. The van der Waals surface area contributed by atoms with E-state index in [9.17, 15) is 19.2 Å². The lowest BCUT2D eigenvalue weighted by molar-refractivity contribution is -0.137. The van der Waals surface area contributed by atoms with E-state index in [0.717, 1.165) is 27.5 Å². The van der Waals surface area contributed by atoms with E-state index in [-0.39, 0.29) is 37.0 Å². The van der Waals surface area contributed by atoms with Gasteiger partial charge in [0.05, 0.1) is 6.26 Å². The number of aliphatic carboxylic acids is 1. The van der Waals surface area contributed by atoms with Crippen molar-refractivity contribution in [2.45, 2.75) is 85.6 Å². The van der Waals surface area contributed by atoms with Gasteiger partial charge in [-0.1, -0.05) is 26.7 Å². The summed E-state index contributed by atoms with van der Waals surface area (Å²) in [5, 5.41) is 16.2. The number of benzene rings is 1. The molecule has 3 rings (SSSR count). The molecule has 0 radical (unpaired) electrons. The predicted octanol–water partition coefficient (Wildman–Crippen LogP) is 4.69. The Hall–Kier alpha value is -3.62. The molecule has 0 aliphatic rings. The monoisotopic (exact) mass is 526 g/mol. The van der Waals surface area contributed by atoms with Gasteiger partial charge in [0.1, 0.15) is 17.2 Å². The summed E-state index contributed by atoms with van der Waals surface area (Å²) in [6.45, 7) is 9.95. The molecule has 0 aliphatic heterocycles. The van der Waals surface area contributed by atoms with Gasteiger partial charge in [-0.25, -0.2) is 4.79 Å². The summed E-state index contributed by atoms with van der Waals surface area (Å²) < 4.78 is 11.3. The minimum Gasteiger partial charge on any atom is -0.481 e. The Kier molecular flexibility index (Phi) is 9.72. The zero-order valence-corrected chi connectivity index (χ0v) is 22.9. The molecule has 206 valence electrons. The van der Waals surface area contributed by atoms with Crippen molar-refractivity contribution in [2.24, 2.45) is 5.92 Å². The van der Waals surface area contributed by atoms with Crippen LogP contribution < -0.4 is 16.3 Å². The van der Waals surface area contributed by atoms with E-state index >= 15 is 0 Å². The van der Waals surface area contributed by atoms with Gasteiger partial charge in [0.2, 0.25) is 11.8 Å². The van der Waals surface area contributed by atoms with Crippen LogP contribution in [0.5, 0.6) is 0 Å². The Labute approximate surface area is 222 Å². The third kappa shape index (κ3) is 6.62. The van der Waals surface area contributed by atoms with Crippen LogP contribution in [0.3, 0.4) is 0 Å². The van der Waals surface area contributed by atoms with Gasteiger partial charge in [-0.05, 0) is 63.1 Å². The molecule has 0 saturated heterocycles. The lowest BCUT2D eigenvalue weighted by Gasteiger charge is -2.23. The van der Waals surface area contributed by atoms with Crippen molar-refractivity contribution in [3.05, 3.63) is 45.0 Å². The topological polar surface area (TPSA) is 139 Å². The highest BCUT2D eigenvalue weighted by atomic mass is 16.4. The first-order valence-corrected chi connectivity index (χ1v) is 13.3. The summed E-state index contributed by atoms with van der Waals surface area (Å²) in [4.78, 5) is 49.1. The summed E-state index contributed by atoms with van der Waals surface area (Å²) >= 11 is 0. The van der Waals surface area contributed by atoms with Crippen LogP contribution in [0.4, 0.5) is 0 Å². The Bertz CT molecular complexity index is 1390. The number of carbonyl (C=O) groups excluding carboxylic acids is 2. The lowest BCUT2D eigenvalue weighted by Crippen LogP contribution is -2.50. The first-order valence-electron chi connectivity index (χ1n) is 13.3. The summed E-state index contributed by atoms with van der Waals surface area (Å²) in [6, 6.07) is 1.27. The molecule has 0 bridgehead atoms. The van der Waals surface area contributed by atoms with Crippen LogP contribution in [0.25, 0.3) is 21.9 Å². The van der Waals surface area contributed by atoms with Crippen LogP contribution in [-0.2, 0) is 20.8 Å². The van der Waals surface area contributed by atoms with Gasteiger partial charge in [-0.2, -0.15) is 0 Å². The minimum atomic E-state index is -0.828. The number of nitrogens with one attached hydrogen (secondary N) is 2. The average molecular weight is 527 g/mol. The molecular formula is C29H38N2O7. The standard InChI is InChI=1S/C29H38N2O7/c1-6-16(2)25(28(35)30-13-9-7-8-10-24(33)34)31-23(32)12-11-20-18(4)22-14-21-17(3)15-37-26(21)19(5)27(22)38-29(20)36/h14-16,25H,6-13H2,1-5H3,(H,30,35)(H,31,32)(H,33,34)/t16-,25+/m1/s1. The van der Waals surface area contributed by atoms with E-state index in [1.165, 1.54) is 0 Å². The van der Waals surface area contributed by atoms with E-state index in [1.807, 2.05) is 40.7 Å². The zero-order valence-electron chi connectivity index (χ0n) is 22.9. The maximum Gasteiger partial charge on any atom is 0.339 e. The Balaban J connectivity index is 1.67. The Morgan fingerprint density at radius 1 is 1.00 bits per heavy atom. The van der Waals surface area contributed by atoms with Gasteiger partial charge in [-0.3, -0.25) is 14.4 Å². The van der Waals surface area contributed by atoms with Crippen molar-refractivity contribution < 1.29 is 28.3 Å². The number of carbonyl (C=O) groups is 3. The van der Waals surface area contributed by atoms with Crippen LogP contribution in [0.1, 0.15) is 74.6 Å². The molecule has 1 aromatic carbocycles. The van der Waals surface area contributed by atoms with Crippen LogP contribution >= 0.6 is 0 Å². The second-order valence-corrected chi connectivity index (χ2v) is 10.1. The molecule has 9 nitrogen and oxygen atoms in total. The summed E-state index contributed by atoms with van der Waals surface area (Å²) in [5.74, 6) is -1.49. The van der Waals surface area contributed by atoms with Crippen molar-refractivity contribution in [3.8, 4) is 0 Å². The maximum atomic E-state index is 12.9. The predicted molar refractivity (Wildman–Crippen MR) is 145 cm³/mol. The molecule has 2 atom stereocenters. The molecule has 0 spiro atoms. The van der Waals surface area contributed by atoms with Gasteiger partial charge in [0.15, 0.2) is 0 Å². The zero-order chi connectivity index (χ0) is 28.0. The lowest BCUT2D eigenvalue weighted by atomic mass is 9.97. The number of carboxylic acid groups (broad SMARTS) is 1. The SMILES string of the molecule is CC[C@@H](C)[C@H](NC(=O)CCc1c(C)c2cc3c(C)coc3c(C)c2oc1=O)C(=O)NCCCCCC(=O)O. The van der Waals surface area contributed by atoms with Crippen molar-refractivity contribution in [1.82, 2.24) is 10.6 Å². The van der Waals surface area contributed by atoms with Gasteiger partial charge >= 0.3 is 11.6 Å². The highest BCUT2D eigenvalue weighted by Gasteiger charge is 2.26. The highest BCUT2D eigenvalue weighted by Crippen LogP contribution is 2.32. The van der Waals surface area contributed by atoms with Crippen LogP contribution in [0.2, 0.25) is 0 Å². The number of carboxylic acids is 1. The highest BCUT2D eigenvalue weighted by molar-refractivity contribution is 5.99. The Morgan fingerprint density at radius 2 is 1.74 bits per heavy atom. The first kappa shape index (κ1) is 28.9. The van der Waals surface area contributed by atoms with Crippen molar-refractivity contribution >= 4 is 39.7 Å². The normalized spacial score (nSPS) is 13.0. The number of rotatable bonds is 13. The van der Waals surface area contributed by atoms with Gasteiger partial charge in [-0.15, -0.1) is 0 Å². The molecule has 9 heteroatoms. The molecule has 2 heterocycles. The molecule has 0 unspecified atom stereocenters. The molecule has 0 saturated carbocycles. The number of unbranched alkanes of at least 4 members (excludes halogenated alkanes) is 2. The van der Waals surface area contributed by atoms with E-state index in [0.29, 0.717) is 49.0 Å². The second-order valence-electron chi connectivity index (χ2n) is 10.1. The first-order chi connectivity index (χ1) is 18.0. The quantitative estimate of drug-likeness (QED) is 0.217.